The average Bonchev–Trinajstić information content (AvgIpc) is 2.52. The van der Waals surface area contributed by atoms with Crippen LogP contribution in [0.2, 0.25) is 0 Å². The molecule has 2 rings (SSSR count). The lowest BCUT2D eigenvalue weighted by molar-refractivity contribution is -0.384. The number of anilines is 1. The van der Waals surface area contributed by atoms with E-state index in [9.17, 15) is 10.1 Å². The van der Waals surface area contributed by atoms with Crippen molar-refractivity contribution in [2.45, 2.75) is 6.54 Å². The molecule has 0 saturated carbocycles. The van der Waals surface area contributed by atoms with Crippen molar-refractivity contribution in [2.75, 3.05) is 12.4 Å². The Morgan fingerprint density at radius 3 is 2.86 bits per heavy atom. The first-order chi connectivity index (χ1) is 10.2. The SMILES string of the molecule is COc1cc(CNc2nccc(C#N)c2[N+](=O)[O-])ccn1. The Labute approximate surface area is 120 Å². The van der Waals surface area contributed by atoms with E-state index in [1.54, 1.807) is 24.4 Å². The van der Waals surface area contributed by atoms with Gasteiger partial charge in [-0.05, 0) is 17.7 Å². The predicted octanol–water partition coefficient (Wildman–Crippen LogP) is 1.88. The summed E-state index contributed by atoms with van der Waals surface area (Å²) in [6, 6.07) is 6.53. The van der Waals surface area contributed by atoms with Gasteiger partial charge in [0.25, 0.3) is 0 Å². The zero-order chi connectivity index (χ0) is 15.2. The van der Waals surface area contributed by atoms with Crippen LogP contribution >= 0.6 is 0 Å². The molecule has 106 valence electrons. The van der Waals surface area contributed by atoms with Crippen LogP contribution in [0.25, 0.3) is 0 Å². The molecule has 0 atom stereocenters. The highest BCUT2D eigenvalue weighted by atomic mass is 16.6. The molecule has 8 heteroatoms. The lowest BCUT2D eigenvalue weighted by Gasteiger charge is -2.07. The molecule has 0 aliphatic carbocycles. The van der Waals surface area contributed by atoms with E-state index in [4.69, 9.17) is 10.00 Å². The second-order valence-electron chi connectivity index (χ2n) is 3.98. The molecule has 0 radical (unpaired) electrons. The maximum Gasteiger partial charge on any atom is 0.328 e. The molecule has 0 fully saturated rings. The van der Waals surface area contributed by atoms with Gasteiger partial charge in [0.15, 0.2) is 0 Å². The fourth-order valence-corrected chi connectivity index (χ4v) is 1.72. The number of nitriles is 1. The fourth-order valence-electron chi connectivity index (χ4n) is 1.72. The van der Waals surface area contributed by atoms with Gasteiger partial charge in [-0.1, -0.05) is 0 Å². The summed E-state index contributed by atoms with van der Waals surface area (Å²) in [6.07, 6.45) is 2.92. The van der Waals surface area contributed by atoms with Crippen LogP contribution in [0.1, 0.15) is 11.1 Å². The van der Waals surface area contributed by atoms with Crippen molar-refractivity contribution in [2.24, 2.45) is 0 Å². The molecule has 21 heavy (non-hydrogen) atoms. The summed E-state index contributed by atoms with van der Waals surface area (Å²) in [5.41, 5.74) is 0.450. The zero-order valence-corrected chi connectivity index (χ0v) is 11.1. The molecular weight excluding hydrogens is 274 g/mol. The molecule has 2 aromatic rings. The zero-order valence-electron chi connectivity index (χ0n) is 11.1. The number of nitrogens with zero attached hydrogens (tertiary/aromatic N) is 4. The topological polar surface area (TPSA) is 114 Å². The largest absolute Gasteiger partial charge is 0.481 e. The van der Waals surface area contributed by atoms with Crippen LogP contribution in [0.5, 0.6) is 5.88 Å². The Balaban J connectivity index is 2.24. The van der Waals surface area contributed by atoms with Gasteiger partial charge in [-0.3, -0.25) is 10.1 Å². The van der Waals surface area contributed by atoms with E-state index in [1.807, 2.05) is 0 Å². The van der Waals surface area contributed by atoms with Gasteiger partial charge in [0.1, 0.15) is 11.6 Å². The third kappa shape index (κ3) is 3.22. The van der Waals surface area contributed by atoms with Gasteiger partial charge in [0, 0.05) is 25.0 Å². The number of hydrogen-bond acceptors (Lipinski definition) is 7. The van der Waals surface area contributed by atoms with Crippen LogP contribution < -0.4 is 10.1 Å². The number of pyridine rings is 2. The van der Waals surface area contributed by atoms with E-state index in [2.05, 4.69) is 15.3 Å². The molecule has 0 aromatic carbocycles. The maximum atomic E-state index is 11.1. The molecule has 2 heterocycles. The Morgan fingerprint density at radius 2 is 2.19 bits per heavy atom. The van der Waals surface area contributed by atoms with Gasteiger partial charge in [0.05, 0.1) is 12.0 Å². The van der Waals surface area contributed by atoms with Gasteiger partial charge in [0.2, 0.25) is 11.7 Å². The Kier molecular flexibility index (Phi) is 4.26. The molecule has 0 spiro atoms. The van der Waals surface area contributed by atoms with E-state index in [-0.39, 0.29) is 17.1 Å². The van der Waals surface area contributed by atoms with Gasteiger partial charge in [-0.2, -0.15) is 5.26 Å². The quantitative estimate of drug-likeness (QED) is 0.658. The minimum atomic E-state index is -0.624. The summed E-state index contributed by atoms with van der Waals surface area (Å²) in [4.78, 5) is 18.3. The van der Waals surface area contributed by atoms with Crippen molar-refractivity contribution in [1.82, 2.24) is 9.97 Å². The standard InChI is InChI=1S/C13H11N5O3/c1-21-11-6-9(2-4-15-11)8-17-13-12(18(19)20)10(7-14)3-5-16-13/h2-6H,8H2,1H3,(H,16,17). The van der Waals surface area contributed by atoms with E-state index < -0.39 is 4.92 Å². The molecule has 0 aliphatic heterocycles. The summed E-state index contributed by atoms with van der Waals surface area (Å²) in [6.45, 7) is 0.293. The molecule has 8 nitrogen and oxygen atoms in total. The van der Waals surface area contributed by atoms with E-state index in [0.717, 1.165) is 5.56 Å². The normalized spacial score (nSPS) is 9.71. The first-order valence-electron chi connectivity index (χ1n) is 5.92. The molecule has 2 aromatic heterocycles. The molecule has 0 amide bonds. The Morgan fingerprint density at radius 1 is 1.43 bits per heavy atom. The maximum absolute atomic E-state index is 11.1. The molecule has 0 saturated heterocycles. The number of rotatable bonds is 5. The summed E-state index contributed by atoms with van der Waals surface area (Å²) < 4.78 is 5.00. The van der Waals surface area contributed by atoms with Crippen molar-refractivity contribution in [1.29, 1.82) is 5.26 Å². The Bertz CT molecular complexity index is 711. The summed E-state index contributed by atoms with van der Waals surface area (Å²) >= 11 is 0. The number of aromatic nitrogens is 2. The third-order valence-corrected chi connectivity index (χ3v) is 2.70. The molecule has 0 bridgehead atoms. The van der Waals surface area contributed by atoms with Crippen LogP contribution in [0.15, 0.2) is 30.6 Å². The molecule has 0 aliphatic rings. The van der Waals surface area contributed by atoms with Crippen LogP contribution in [0.4, 0.5) is 11.5 Å². The third-order valence-electron chi connectivity index (χ3n) is 2.70. The number of methoxy groups -OCH3 is 1. The lowest BCUT2D eigenvalue weighted by atomic mass is 10.2. The summed E-state index contributed by atoms with van der Waals surface area (Å²) in [5.74, 6) is 0.498. The Hall–Kier alpha value is -3.21. The first kappa shape index (κ1) is 14.2. The fraction of sp³-hybridized carbons (Fsp3) is 0.154. The van der Waals surface area contributed by atoms with Crippen LogP contribution in [0.3, 0.4) is 0 Å². The number of nitro groups is 1. The van der Waals surface area contributed by atoms with Crippen molar-refractivity contribution < 1.29 is 9.66 Å². The van der Waals surface area contributed by atoms with E-state index in [1.165, 1.54) is 19.4 Å². The number of ether oxygens (including phenoxy) is 1. The van der Waals surface area contributed by atoms with Crippen molar-refractivity contribution in [3.05, 3.63) is 51.8 Å². The van der Waals surface area contributed by atoms with Crippen LogP contribution in [0, 0.1) is 21.4 Å². The second-order valence-corrected chi connectivity index (χ2v) is 3.98. The summed E-state index contributed by atoms with van der Waals surface area (Å²) in [5, 5.41) is 22.8. The second kappa shape index (κ2) is 6.29. The number of nitrogens with one attached hydrogen (secondary N) is 1. The number of hydrogen-bond donors (Lipinski definition) is 1. The highest BCUT2D eigenvalue weighted by Gasteiger charge is 2.20. The average molecular weight is 285 g/mol. The summed E-state index contributed by atoms with van der Waals surface area (Å²) in [7, 11) is 1.50. The molecule has 0 unspecified atom stereocenters. The predicted molar refractivity (Wildman–Crippen MR) is 73.7 cm³/mol. The highest BCUT2D eigenvalue weighted by molar-refractivity contribution is 5.64. The minimum absolute atomic E-state index is 0.0372. The molecule has 1 N–H and O–H groups in total. The van der Waals surface area contributed by atoms with Crippen molar-refractivity contribution in [3.8, 4) is 11.9 Å². The van der Waals surface area contributed by atoms with Gasteiger partial charge in [-0.15, -0.1) is 0 Å². The monoisotopic (exact) mass is 285 g/mol. The van der Waals surface area contributed by atoms with E-state index >= 15 is 0 Å². The van der Waals surface area contributed by atoms with Crippen LogP contribution in [-0.4, -0.2) is 22.0 Å². The van der Waals surface area contributed by atoms with E-state index in [0.29, 0.717) is 12.4 Å². The smallest absolute Gasteiger partial charge is 0.328 e. The highest BCUT2D eigenvalue weighted by Crippen LogP contribution is 2.26. The van der Waals surface area contributed by atoms with Crippen molar-refractivity contribution >= 4 is 11.5 Å². The van der Waals surface area contributed by atoms with Crippen molar-refractivity contribution in [3.63, 3.8) is 0 Å². The lowest BCUT2D eigenvalue weighted by Crippen LogP contribution is -2.06. The molecular formula is C13H11N5O3. The minimum Gasteiger partial charge on any atom is -0.481 e. The van der Waals surface area contributed by atoms with Gasteiger partial charge >= 0.3 is 5.69 Å². The van der Waals surface area contributed by atoms with Gasteiger partial charge in [-0.25, -0.2) is 9.97 Å². The van der Waals surface area contributed by atoms with Crippen LogP contribution in [-0.2, 0) is 6.54 Å². The first-order valence-corrected chi connectivity index (χ1v) is 5.92. The van der Waals surface area contributed by atoms with Gasteiger partial charge < -0.3 is 10.1 Å².